The summed E-state index contributed by atoms with van der Waals surface area (Å²) >= 11 is 0. The molecular formula is C4H8BNOW. The van der Waals surface area contributed by atoms with Crippen molar-refractivity contribution in [2.45, 2.75) is 0 Å². The molecule has 0 amide bonds. The van der Waals surface area contributed by atoms with Gasteiger partial charge in [0.25, 0.3) is 0 Å². The molecule has 0 saturated carbocycles. The Kier molecular flexibility index (Phi) is 10.0. The molecule has 2 nitrogen and oxygen atoms in total. The van der Waals surface area contributed by atoms with Crippen LogP contribution in [0.5, 0.6) is 0 Å². The Balaban J connectivity index is 0. The summed E-state index contributed by atoms with van der Waals surface area (Å²) in [5.74, 6) is 0. The van der Waals surface area contributed by atoms with E-state index in [1.807, 2.05) is 14.1 Å². The predicted molar refractivity (Wildman–Crippen MR) is 28.8 cm³/mol. The molecule has 8 heavy (non-hydrogen) atoms. The van der Waals surface area contributed by atoms with E-state index < -0.39 is 0 Å². The Morgan fingerprint density at radius 2 is 2.12 bits per heavy atom. The van der Waals surface area contributed by atoms with Crippen molar-refractivity contribution in [1.82, 2.24) is 0 Å². The third-order valence-electron chi connectivity index (χ3n) is 0.330. The molecule has 4 heteroatoms. The zero-order chi connectivity index (χ0) is 5.70. The van der Waals surface area contributed by atoms with E-state index in [0.29, 0.717) is 0 Å². The fraction of sp³-hybridized carbons (Fsp3) is 0.750. The second kappa shape index (κ2) is 7.22. The Bertz CT molecular complexity index is 72.4. The van der Waals surface area contributed by atoms with Crippen LogP contribution < -0.4 is 0 Å². The average Bonchev–Trinajstić information content (AvgIpc) is 1.61. The minimum Gasteiger partial charge on any atom is -0.637 e. The Morgan fingerprint density at radius 3 is 2.25 bits per heavy atom. The molecular weight excluding hydrogens is 273 g/mol. The van der Waals surface area contributed by atoms with Crippen LogP contribution in [0, 0.1) is 0 Å². The maximum atomic E-state index is 4.97. The van der Waals surface area contributed by atoms with Gasteiger partial charge in [-0.05, 0) is 6.40 Å². The van der Waals surface area contributed by atoms with E-state index in [0.717, 1.165) is 0 Å². The fourth-order valence-corrected chi connectivity index (χ4v) is 0.166. The van der Waals surface area contributed by atoms with E-state index >= 15 is 0 Å². The van der Waals surface area contributed by atoms with Gasteiger partial charge in [0.2, 0.25) is 0 Å². The van der Waals surface area contributed by atoms with Gasteiger partial charge in [0.15, 0.2) is 0 Å². The molecule has 0 spiro atoms. The zero-order valence-corrected chi connectivity index (χ0v) is 7.98. The van der Waals surface area contributed by atoms with Gasteiger partial charge in [0.05, 0.1) is 0 Å². The van der Waals surface area contributed by atoms with Crippen LogP contribution in [0.15, 0.2) is 0 Å². The molecule has 0 saturated heterocycles. The third-order valence-corrected chi connectivity index (χ3v) is 0.330. The first-order valence-electron chi connectivity index (χ1n) is 2.02. The first kappa shape index (κ1) is 11.1. The maximum absolute atomic E-state index is 4.97. The zero-order valence-electron chi connectivity index (χ0n) is 5.05. The van der Waals surface area contributed by atoms with Crippen molar-refractivity contribution in [1.29, 1.82) is 0 Å². The molecule has 0 N–H and O–H groups in total. The van der Waals surface area contributed by atoms with Crippen molar-refractivity contribution in [3.8, 4) is 0 Å². The van der Waals surface area contributed by atoms with Crippen molar-refractivity contribution in [3.05, 3.63) is 0 Å². The van der Waals surface area contributed by atoms with Crippen LogP contribution in [0.1, 0.15) is 0 Å². The Labute approximate surface area is 65.6 Å². The normalized spacial score (nSPS) is 6.75. The standard InChI is InChI=1S/C4H8BNO.W/c1-6(2)4-7-3-5;/h3H2,1-2H3;. The molecule has 0 aliphatic rings. The first-order chi connectivity index (χ1) is 3.27. The molecule has 0 fully saturated rings. The average molecular weight is 281 g/mol. The van der Waals surface area contributed by atoms with E-state index in [-0.39, 0.29) is 27.6 Å². The molecule has 2 radical (unpaired) electrons. The molecule has 0 aromatic rings. The van der Waals surface area contributed by atoms with E-state index in [1.165, 1.54) is 0 Å². The summed E-state index contributed by atoms with van der Waals surface area (Å²) in [6.07, 6.45) is 2.50. The van der Waals surface area contributed by atoms with E-state index in [4.69, 9.17) is 7.85 Å². The molecule has 0 aliphatic heterocycles. The van der Waals surface area contributed by atoms with E-state index in [9.17, 15) is 0 Å². The molecule has 0 atom stereocenters. The molecule has 0 heterocycles. The quantitative estimate of drug-likeness (QED) is 0.214. The van der Waals surface area contributed by atoms with Crippen LogP contribution in [-0.4, -0.2) is 39.4 Å². The molecule has 0 bridgehead atoms. The second-order valence-corrected chi connectivity index (χ2v) is 1.30. The summed E-state index contributed by atoms with van der Waals surface area (Å²) in [5, 5.41) is 0. The van der Waals surface area contributed by atoms with Gasteiger partial charge in [-0.2, -0.15) is 0 Å². The van der Waals surface area contributed by atoms with Gasteiger partial charge in [-0.15, -0.1) is 0 Å². The van der Waals surface area contributed by atoms with Crippen LogP contribution in [0.25, 0.3) is 0 Å². The molecule has 0 aromatic carbocycles. The summed E-state index contributed by atoms with van der Waals surface area (Å²) < 4.78 is 6.21. The summed E-state index contributed by atoms with van der Waals surface area (Å²) in [6, 6.07) is 0. The van der Waals surface area contributed by atoms with Gasteiger partial charge >= 0.3 is 0 Å². The number of hydrogen-bond acceptors (Lipinski definition) is 1. The molecule has 0 unspecified atom stereocenters. The summed E-state index contributed by atoms with van der Waals surface area (Å²) in [5.41, 5.74) is 0. The number of nitrogens with zero attached hydrogens (tertiary/aromatic N) is 1. The van der Waals surface area contributed by atoms with Crippen molar-refractivity contribution < 1.29 is 30.4 Å². The van der Waals surface area contributed by atoms with Crippen molar-refractivity contribution in [3.63, 3.8) is 0 Å². The summed E-state index contributed by atoms with van der Waals surface area (Å²) in [4.78, 5) is 0. The van der Waals surface area contributed by atoms with Gasteiger partial charge < -0.3 is 9.31 Å². The number of ether oxygens (including phenoxy) is 1. The van der Waals surface area contributed by atoms with Crippen LogP contribution in [0.4, 0.5) is 0 Å². The largest absolute Gasteiger partial charge is 0.637 e. The van der Waals surface area contributed by atoms with Crippen LogP contribution in [-0.2, 0) is 25.8 Å². The van der Waals surface area contributed by atoms with Gasteiger partial charge in [-0.25, -0.2) is 0 Å². The van der Waals surface area contributed by atoms with Crippen molar-refractivity contribution in [2.75, 3.05) is 20.6 Å². The first-order valence-corrected chi connectivity index (χ1v) is 2.02. The van der Waals surface area contributed by atoms with Crippen LogP contribution in [0.2, 0.25) is 0 Å². The van der Waals surface area contributed by atoms with Gasteiger partial charge in [0, 0.05) is 27.6 Å². The van der Waals surface area contributed by atoms with Gasteiger partial charge in [0.1, 0.15) is 21.9 Å². The minimum atomic E-state index is 0. The second-order valence-electron chi connectivity index (χ2n) is 1.30. The monoisotopic (exact) mass is 281 g/mol. The fourth-order valence-electron chi connectivity index (χ4n) is 0.166. The van der Waals surface area contributed by atoms with Gasteiger partial charge in [-0.3, -0.25) is 0 Å². The third kappa shape index (κ3) is 9.52. The van der Waals surface area contributed by atoms with Crippen molar-refractivity contribution in [2.24, 2.45) is 0 Å². The smallest absolute Gasteiger partial charge is 0.116 e. The Morgan fingerprint density at radius 1 is 1.62 bits per heavy atom. The summed E-state index contributed by atoms with van der Waals surface area (Å²) in [6.45, 7) is 0.193. The maximum Gasteiger partial charge on any atom is 0.116 e. The molecule has 0 aromatic heterocycles. The van der Waals surface area contributed by atoms with E-state index in [1.54, 1.807) is 4.58 Å². The summed E-state index contributed by atoms with van der Waals surface area (Å²) in [7, 11) is 8.60. The number of hydrogen-bond donors (Lipinski definition) is 0. The molecule has 0 rings (SSSR count). The molecule has 0 aliphatic carbocycles. The van der Waals surface area contributed by atoms with Crippen LogP contribution >= 0.6 is 0 Å². The molecule has 44 valence electrons. The van der Waals surface area contributed by atoms with Crippen LogP contribution in [0.3, 0.4) is 0 Å². The SMILES string of the molecule is [B]CO[C-]=[N+](C)C.[W]. The van der Waals surface area contributed by atoms with Crippen molar-refractivity contribution >= 4 is 14.2 Å². The van der Waals surface area contributed by atoms with E-state index in [2.05, 4.69) is 11.1 Å². The Hall–Kier alpha value is 0.223. The predicted octanol–water partition coefficient (Wildman–Crippen LogP) is -0.696. The number of rotatable bonds is 2. The van der Waals surface area contributed by atoms with Gasteiger partial charge in [-0.1, -0.05) is 0 Å². The minimum absolute atomic E-state index is 0. The topological polar surface area (TPSA) is 12.2 Å².